The molecule has 1 atom stereocenters. The quantitative estimate of drug-likeness (QED) is 0.179. The van der Waals surface area contributed by atoms with Gasteiger partial charge < -0.3 is 14.6 Å². The van der Waals surface area contributed by atoms with Crippen molar-refractivity contribution in [3.8, 4) is 11.5 Å². The molecule has 1 N–H and O–H groups in total. The first-order valence-corrected chi connectivity index (χ1v) is 14.4. The van der Waals surface area contributed by atoms with Crippen molar-refractivity contribution in [1.82, 2.24) is 0 Å². The molecule has 0 radical (unpaired) electrons. The summed E-state index contributed by atoms with van der Waals surface area (Å²) in [5, 5.41) is 9.55. The predicted molar refractivity (Wildman–Crippen MR) is 166 cm³/mol. The first-order valence-electron chi connectivity index (χ1n) is 14.4. The van der Waals surface area contributed by atoms with Crippen LogP contribution in [0.2, 0.25) is 0 Å². The maximum atomic E-state index is 14.1. The molecule has 43 heavy (non-hydrogen) atoms. The van der Waals surface area contributed by atoms with E-state index in [-0.39, 0.29) is 11.3 Å². The van der Waals surface area contributed by atoms with Crippen molar-refractivity contribution in [1.29, 1.82) is 0 Å². The maximum Gasteiger partial charge on any atom is 0.337 e. The smallest absolute Gasteiger partial charge is 0.337 e. The van der Waals surface area contributed by atoms with Gasteiger partial charge in [-0.25, -0.2) is 13.6 Å². The lowest BCUT2D eigenvalue weighted by atomic mass is 9.87. The van der Waals surface area contributed by atoms with E-state index in [4.69, 9.17) is 9.47 Å². The number of halogens is 2. The van der Waals surface area contributed by atoms with Gasteiger partial charge >= 0.3 is 5.97 Å². The van der Waals surface area contributed by atoms with Gasteiger partial charge in [-0.15, -0.1) is 0 Å². The molecule has 0 aliphatic carbocycles. The number of ether oxygens (including phenoxy) is 2. The molecular formula is C37H38F2O4. The number of rotatable bonds is 11. The van der Waals surface area contributed by atoms with Crippen LogP contribution in [0, 0.1) is 17.6 Å². The largest absolute Gasteiger partial charge is 0.503 e. The molecule has 0 aliphatic rings. The second-order valence-electron chi connectivity index (χ2n) is 11.7. The van der Waals surface area contributed by atoms with Gasteiger partial charge in [-0.1, -0.05) is 87.5 Å². The molecule has 0 spiro atoms. The van der Waals surface area contributed by atoms with Gasteiger partial charge in [-0.3, -0.25) is 0 Å². The summed E-state index contributed by atoms with van der Waals surface area (Å²) in [6.07, 6.45) is 5.75. The summed E-state index contributed by atoms with van der Waals surface area (Å²) >= 11 is 0. The molecule has 4 nitrogen and oxygen atoms in total. The average molecular weight is 585 g/mol. The van der Waals surface area contributed by atoms with Gasteiger partial charge in [0.15, 0.2) is 17.4 Å². The fourth-order valence-electron chi connectivity index (χ4n) is 4.83. The standard InChI is InChI=1S/C37H38F2O4/c1-37(2,3)31-19-14-27(15-20-31)24-43-34-8-6-5-7-29(34)16-13-26(21-28-22-32(38)35(40)33(39)23-28)10-9-25-11-17-30(18-12-25)36(41)42-4/h5-8,11-20,22-23,26,40H,9-10,21,24H2,1-4H3. The van der Waals surface area contributed by atoms with Crippen LogP contribution in [0.1, 0.15) is 65.4 Å². The van der Waals surface area contributed by atoms with Gasteiger partial charge in [0.25, 0.3) is 0 Å². The van der Waals surface area contributed by atoms with E-state index in [1.807, 2.05) is 48.6 Å². The lowest BCUT2D eigenvalue weighted by Gasteiger charge is -2.19. The van der Waals surface area contributed by atoms with Crippen molar-refractivity contribution in [3.63, 3.8) is 0 Å². The van der Waals surface area contributed by atoms with Crippen molar-refractivity contribution < 1.29 is 28.2 Å². The van der Waals surface area contributed by atoms with Gasteiger partial charge in [0.05, 0.1) is 12.7 Å². The lowest BCUT2D eigenvalue weighted by molar-refractivity contribution is 0.0600. The number of esters is 1. The van der Waals surface area contributed by atoms with E-state index in [1.54, 1.807) is 12.1 Å². The molecule has 6 heteroatoms. The summed E-state index contributed by atoms with van der Waals surface area (Å²) in [5.74, 6) is -2.68. The maximum absolute atomic E-state index is 14.1. The van der Waals surface area contributed by atoms with E-state index in [0.717, 1.165) is 22.4 Å². The van der Waals surface area contributed by atoms with Gasteiger partial charge in [0.1, 0.15) is 12.4 Å². The molecule has 1 unspecified atom stereocenters. The van der Waals surface area contributed by atoms with Crippen LogP contribution in [0.3, 0.4) is 0 Å². The van der Waals surface area contributed by atoms with Crippen LogP contribution < -0.4 is 4.74 Å². The number of hydrogen-bond donors (Lipinski definition) is 1. The second-order valence-corrected chi connectivity index (χ2v) is 11.7. The number of allylic oxidation sites excluding steroid dienone is 1. The number of carbonyl (C=O) groups excluding carboxylic acids is 1. The highest BCUT2D eigenvalue weighted by atomic mass is 19.1. The molecule has 4 aromatic rings. The molecule has 0 bridgehead atoms. The number of phenols is 1. The Bertz CT molecular complexity index is 1530. The third-order valence-electron chi connectivity index (χ3n) is 7.43. The Morgan fingerprint density at radius 2 is 1.51 bits per heavy atom. The summed E-state index contributed by atoms with van der Waals surface area (Å²) in [6, 6.07) is 25.7. The number of para-hydroxylation sites is 1. The molecule has 4 aromatic carbocycles. The Kier molecular flexibility index (Phi) is 10.4. The van der Waals surface area contributed by atoms with Gasteiger partial charge in [-0.2, -0.15) is 0 Å². The van der Waals surface area contributed by atoms with Crippen LogP contribution in [0.25, 0.3) is 6.08 Å². The van der Waals surface area contributed by atoms with Gasteiger partial charge in [0.2, 0.25) is 0 Å². The molecule has 224 valence electrons. The molecule has 0 aliphatic heterocycles. The van der Waals surface area contributed by atoms with Crippen molar-refractivity contribution in [2.45, 2.75) is 52.1 Å². The average Bonchev–Trinajstić information content (AvgIpc) is 3.00. The van der Waals surface area contributed by atoms with Crippen LogP contribution in [-0.4, -0.2) is 18.2 Å². The number of aryl methyl sites for hydroxylation is 1. The highest BCUT2D eigenvalue weighted by Gasteiger charge is 2.15. The predicted octanol–water partition coefficient (Wildman–Crippen LogP) is 8.84. The summed E-state index contributed by atoms with van der Waals surface area (Å²) < 4.78 is 39.2. The van der Waals surface area contributed by atoms with E-state index in [0.29, 0.717) is 37.0 Å². The highest BCUT2D eigenvalue weighted by molar-refractivity contribution is 5.89. The van der Waals surface area contributed by atoms with Gasteiger partial charge in [-0.05, 0) is 83.2 Å². The normalized spacial score (nSPS) is 12.3. The zero-order valence-corrected chi connectivity index (χ0v) is 25.1. The Labute approximate surface area is 252 Å². The lowest BCUT2D eigenvalue weighted by Crippen LogP contribution is -2.10. The second kappa shape index (κ2) is 14.1. The van der Waals surface area contributed by atoms with Gasteiger partial charge in [0, 0.05) is 5.56 Å². The summed E-state index contributed by atoms with van der Waals surface area (Å²) in [5.41, 5.74) is 5.25. The molecule has 0 amide bonds. The Balaban J connectivity index is 1.51. The minimum absolute atomic E-state index is 0.0809. The van der Waals surface area contributed by atoms with E-state index in [2.05, 4.69) is 45.0 Å². The van der Waals surface area contributed by atoms with E-state index in [1.165, 1.54) is 24.8 Å². The van der Waals surface area contributed by atoms with Crippen LogP contribution in [0.5, 0.6) is 11.5 Å². The Morgan fingerprint density at radius 1 is 0.884 bits per heavy atom. The monoisotopic (exact) mass is 584 g/mol. The third kappa shape index (κ3) is 8.77. The fourth-order valence-corrected chi connectivity index (χ4v) is 4.83. The zero-order valence-electron chi connectivity index (χ0n) is 25.1. The van der Waals surface area contributed by atoms with Crippen molar-refractivity contribution in [3.05, 3.63) is 136 Å². The molecule has 0 heterocycles. The fraction of sp³-hybridized carbons (Fsp3) is 0.270. The topological polar surface area (TPSA) is 55.8 Å². The minimum Gasteiger partial charge on any atom is -0.503 e. The van der Waals surface area contributed by atoms with Crippen molar-refractivity contribution >= 4 is 12.0 Å². The number of methoxy groups -OCH3 is 1. The number of benzene rings is 4. The molecule has 0 fully saturated rings. The van der Waals surface area contributed by atoms with Crippen LogP contribution in [-0.2, 0) is 29.6 Å². The highest BCUT2D eigenvalue weighted by Crippen LogP contribution is 2.28. The van der Waals surface area contributed by atoms with E-state index < -0.39 is 23.4 Å². The number of aromatic hydroxyl groups is 1. The van der Waals surface area contributed by atoms with E-state index >= 15 is 0 Å². The molecule has 0 saturated carbocycles. The summed E-state index contributed by atoms with van der Waals surface area (Å²) in [4.78, 5) is 11.8. The zero-order chi connectivity index (χ0) is 31.0. The Hall–Kier alpha value is -4.45. The first kappa shape index (κ1) is 31.5. The van der Waals surface area contributed by atoms with Crippen molar-refractivity contribution in [2.75, 3.05) is 7.11 Å². The number of hydrogen-bond acceptors (Lipinski definition) is 4. The molecular weight excluding hydrogens is 546 g/mol. The summed E-state index contributed by atoms with van der Waals surface area (Å²) in [7, 11) is 1.34. The summed E-state index contributed by atoms with van der Waals surface area (Å²) in [6.45, 7) is 6.98. The number of carbonyl (C=O) groups is 1. The first-order chi connectivity index (χ1) is 20.5. The van der Waals surface area contributed by atoms with E-state index in [9.17, 15) is 18.7 Å². The third-order valence-corrected chi connectivity index (χ3v) is 7.43. The van der Waals surface area contributed by atoms with Crippen molar-refractivity contribution in [2.24, 2.45) is 5.92 Å². The minimum atomic E-state index is -0.981. The molecule has 0 aromatic heterocycles. The molecule has 0 saturated heterocycles. The number of phenolic OH excluding ortho intramolecular Hbond substituents is 1. The Morgan fingerprint density at radius 3 is 2.14 bits per heavy atom. The van der Waals surface area contributed by atoms with Crippen LogP contribution in [0.15, 0.2) is 91.0 Å². The SMILES string of the molecule is COC(=O)c1ccc(CCC(C=Cc2ccccc2OCc2ccc(C(C)(C)C)cc2)Cc2cc(F)c(O)c(F)c2)cc1. The molecule has 4 rings (SSSR count). The van der Waals surface area contributed by atoms with Crippen LogP contribution in [0.4, 0.5) is 8.78 Å². The van der Waals surface area contributed by atoms with Crippen LogP contribution >= 0.6 is 0 Å².